The summed E-state index contributed by atoms with van der Waals surface area (Å²) < 4.78 is 25.1. The van der Waals surface area contributed by atoms with E-state index >= 15 is 0 Å². The number of aromatic nitrogens is 3. The Bertz CT molecular complexity index is 1520. The van der Waals surface area contributed by atoms with Gasteiger partial charge in [0, 0.05) is 53.9 Å². The SMILES string of the molecule is CC(C)(C)c1cc(NC(=O)Nc2ccc3[nH]ccc3c2)n(-c2ccc(CN3CCS(=O)(=O)CC3)cc2)n1. The number of aromatic amines is 1. The lowest BCUT2D eigenvalue weighted by Gasteiger charge is -2.26. The van der Waals surface area contributed by atoms with Crippen LogP contribution in [0.1, 0.15) is 32.0 Å². The van der Waals surface area contributed by atoms with Gasteiger partial charge in [-0.2, -0.15) is 5.10 Å². The third kappa shape index (κ3) is 5.86. The number of nitrogens with zero attached hydrogens (tertiary/aromatic N) is 3. The highest BCUT2D eigenvalue weighted by Crippen LogP contribution is 2.27. The lowest BCUT2D eigenvalue weighted by atomic mass is 9.92. The highest BCUT2D eigenvalue weighted by Gasteiger charge is 2.23. The number of carbonyl (C=O) groups excluding carboxylic acids is 1. The van der Waals surface area contributed by atoms with Crippen LogP contribution in [-0.4, -0.2) is 58.7 Å². The summed E-state index contributed by atoms with van der Waals surface area (Å²) in [6.07, 6.45) is 1.86. The Morgan fingerprint density at radius 1 is 1.00 bits per heavy atom. The number of carbonyl (C=O) groups is 1. The van der Waals surface area contributed by atoms with Crippen LogP contribution in [0, 0.1) is 0 Å². The fourth-order valence-corrected chi connectivity index (χ4v) is 5.63. The summed E-state index contributed by atoms with van der Waals surface area (Å²) in [4.78, 5) is 18.2. The van der Waals surface area contributed by atoms with Gasteiger partial charge < -0.3 is 10.3 Å². The first kappa shape index (κ1) is 25.0. The summed E-state index contributed by atoms with van der Waals surface area (Å²) in [5, 5.41) is 11.7. The van der Waals surface area contributed by atoms with Gasteiger partial charge in [-0.05, 0) is 42.0 Å². The normalized spacial score (nSPS) is 16.1. The molecule has 5 rings (SSSR count). The molecule has 0 atom stereocenters. The zero-order valence-electron chi connectivity index (χ0n) is 21.3. The predicted octanol–water partition coefficient (Wildman–Crippen LogP) is 4.53. The number of nitrogens with one attached hydrogen (secondary N) is 3. The summed E-state index contributed by atoms with van der Waals surface area (Å²) in [5.41, 5.74) is 4.28. The van der Waals surface area contributed by atoms with Crippen molar-refractivity contribution in [3.05, 3.63) is 72.1 Å². The number of urea groups is 1. The van der Waals surface area contributed by atoms with E-state index in [9.17, 15) is 13.2 Å². The molecule has 0 unspecified atom stereocenters. The van der Waals surface area contributed by atoms with Crippen LogP contribution in [0.15, 0.2) is 60.8 Å². The second kappa shape index (κ2) is 9.68. The van der Waals surface area contributed by atoms with Crippen LogP contribution in [0.25, 0.3) is 16.6 Å². The average Bonchev–Trinajstić information content (AvgIpc) is 3.48. The first-order valence-corrected chi connectivity index (χ1v) is 14.2. The van der Waals surface area contributed by atoms with E-state index in [2.05, 4.69) is 41.3 Å². The minimum Gasteiger partial charge on any atom is -0.361 e. The number of rotatable bonds is 5. The molecule has 2 aromatic heterocycles. The van der Waals surface area contributed by atoms with E-state index < -0.39 is 9.84 Å². The van der Waals surface area contributed by atoms with Gasteiger partial charge >= 0.3 is 6.03 Å². The molecule has 2 amide bonds. The zero-order valence-corrected chi connectivity index (χ0v) is 22.1. The van der Waals surface area contributed by atoms with Crippen molar-refractivity contribution in [1.82, 2.24) is 19.7 Å². The zero-order chi connectivity index (χ0) is 26.2. The molecule has 10 heteroatoms. The van der Waals surface area contributed by atoms with Gasteiger partial charge in [-0.3, -0.25) is 10.2 Å². The van der Waals surface area contributed by atoms with E-state index in [4.69, 9.17) is 5.10 Å². The first-order chi connectivity index (χ1) is 17.6. The molecule has 0 aliphatic carbocycles. The summed E-state index contributed by atoms with van der Waals surface area (Å²) in [6, 6.07) is 17.2. The number of hydrogen-bond donors (Lipinski definition) is 3. The summed E-state index contributed by atoms with van der Waals surface area (Å²) in [5.74, 6) is 0.993. The van der Waals surface area contributed by atoms with Crippen LogP contribution < -0.4 is 10.6 Å². The smallest absolute Gasteiger partial charge is 0.324 e. The Balaban J connectivity index is 1.33. The monoisotopic (exact) mass is 520 g/mol. The molecule has 37 heavy (non-hydrogen) atoms. The van der Waals surface area contributed by atoms with Crippen molar-refractivity contribution in [3.8, 4) is 5.69 Å². The largest absolute Gasteiger partial charge is 0.361 e. The lowest BCUT2D eigenvalue weighted by molar-refractivity contribution is 0.262. The molecule has 3 N–H and O–H groups in total. The van der Waals surface area contributed by atoms with E-state index in [1.165, 1.54) is 0 Å². The molecule has 194 valence electrons. The summed E-state index contributed by atoms with van der Waals surface area (Å²) in [6.45, 7) is 8.05. The van der Waals surface area contributed by atoms with Crippen molar-refractivity contribution in [1.29, 1.82) is 0 Å². The third-order valence-electron chi connectivity index (χ3n) is 6.55. The number of H-pyrrole nitrogens is 1. The number of fused-ring (bicyclic) bond motifs is 1. The van der Waals surface area contributed by atoms with Crippen molar-refractivity contribution in [2.75, 3.05) is 35.2 Å². The van der Waals surface area contributed by atoms with Gasteiger partial charge in [-0.25, -0.2) is 17.9 Å². The molecule has 1 saturated heterocycles. The Morgan fingerprint density at radius 3 is 2.43 bits per heavy atom. The molecular weight excluding hydrogens is 488 g/mol. The molecule has 0 spiro atoms. The number of benzene rings is 2. The Hall–Kier alpha value is -3.63. The second-order valence-electron chi connectivity index (χ2n) is 10.5. The molecule has 0 saturated carbocycles. The topological polar surface area (TPSA) is 112 Å². The molecule has 1 fully saturated rings. The van der Waals surface area contributed by atoms with E-state index in [-0.39, 0.29) is 23.0 Å². The third-order valence-corrected chi connectivity index (χ3v) is 8.16. The summed E-state index contributed by atoms with van der Waals surface area (Å²) in [7, 11) is -2.90. The Kier molecular flexibility index (Phi) is 6.55. The molecule has 9 nitrogen and oxygen atoms in total. The Morgan fingerprint density at radius 2 is 1.73 bits per heavy atom. The van der Waals surface area contributed by atoms with E-state index in [0.29, 0.717) is 31.1 Å². The van der Waals surface area contributed by atoms with Gasteiger partial charge in [0.1, 0.15) is 5.82 Å². The number of hydrogen-bond acceptors (Lipinski definition) is 5. The minimum atomic E-state index is -2.90. The van der Waals surface area contributed by atoms with Crippen LogP contribution in [0.2, 0.25) is 0 Å². The molecule has 0 radical (unpaired) electrons. The van der Waals surface area contributed by atoms with Crippen molar-refractivity contribution in [3.63, 3.8) is 0 Å². The van der Waals surface area contributed by atoms with Crippen molar-refractivity contribution in [2.24, 2.45) is 0 Å². The number of sulfone groups is 1. The average molecular weight is 521 g/mol. The molecule has 2 aromatic carbocycles. The van der Waals surface area contributed by atoms with Crippen LogP contribution in [-0.2, 0) is 21.8 Å². The van der Waals surface area contributed by atoms with Gasteiger partial charge in [-0.1, -0.05) is 32.9 Å². The standard InChI is InChI=1S/C27H32N6O3S/c1-27(2,3)24-17-25(30-26(34)29-21-6-9-23-20(16-21)10-11-28-23)33(31-24)22-7-4-19(5-8-22)18-32-12-14-37(35,36)15-13-32/h4-11,16-17,28H,12-15,18H2,1-3H3,(H2,29,30,34). The van der Waals surface area contributed by atoms with Crippen molar-refractivity contribution >= 4 is 38.3 Å². The molecule has 1 aliphatic heterocycles. The predicted molar refractivity (Wildman–Crippen MR) is 147 cm³/mol. The number of amides is 2. The maximum absolute atomic E-state index is 12.9. The minimum absolute atomic E-state index is 0.202. The van der Waals surface area contributed by atoms with Crippen molar-refractivity contribution in [2.45, 2.75) is 32.7 Å². The van der Waals surface area contributed by atoms with Crippen molar-refractivity contribution < 1.29 is 13.2 Å². The van der Waals surface area contributed by atoms with Gasteiger partial charge in [0.15, 0.2) is 9.84 Å². The Labute approximate surface area is 216 Å². The second-order valence-corrected chi connectivity index (χ2v) is 12.8. The van der Waals surface area contributed by atoms with Crippen LogP contribution in [0.4, 0.5) is 16.3 Å². The molecular formula is C27H32N6O3S. The van der Waals surface area contributed by atoms with Crippen LogP contribution in [0.5, 0.6) is 0 Å². The van der Waals surface area contributed by atoms with Gasteiger partial charge in [0.2, 0.25) is 0 Å². The highest BCUT2D eigenvalue weighted by molar-refractivity contribution is 7.91. The maximum Gasteiger partial charge on any atom is 0.324 e. The molecule has 4 aromatic rings. The fraction of sp³-hybridized carbons (Fsp3) is 0.333. The van der Waals surface area contributed by atoms with Gasteiger partial charge in [0.05, 0.1) is 22.9 Å². The maximum atomic E-state index is 12.9. The van der Waals surface area contributed by atoms with Gasteiger partial charge in [-0.15, -0.1) is 0 Å². The van der Waals surface area contributed by atoms with Crippen LogP contribution in [0.3, 0.4) is 0 Å². The molecule has 3 heterocycles. The van der Waals surface area contributed by atoms with E-state index in [1.54, 1.807) is 4.68 Å². The molecule has 0 bridgehead atoms. The van der Waals surface area contributed by atoms with E-state index in [0.717, 1.165) is 27.8 Å². The van der Waals surface area contributed by atoms with E-state index in [1.807, 2.05) is 60.8 Å². The first-order valence-electron chi connectivity index (χ1n) is 12.3. The lowest BCUT2D eigenvalue weighted by Crippen LogP contribution is -2.39. The molecule has 1 aliphatic rings. The van der Waals surface area contributed by atoms with Crippen LogP contribution >= 0.6 is 0 Å². The quantitative estimate of drug-likeness (QED) is 0.358. The van der Waals surface area contributed by atoms with Gasteiger partial charge in [0.25, 0.3) is 0 Å². The fourth-order valence-electron chi connectivity index (χ4n) is 4.35. The number of anilines is 2. The highest BCUT2D eigenvalue weighted by atomic mass is 32.2. The summed E-state index contributed by atoms with van der Waals surface area (Å²) >= 11 is 0.